The molecule has 0 radical (unpaired) electrons. The number of aromatic nitrogens is 2. The van der Waals surface area contributed by atoms with Gasteiger partial charge >= 0.3 is 0 Å². The lowest BCUT2D eigenvalue weighted by Crippen LogP contribution is -2.33. The van der Waals surface area contributed by atoms with Crippen molar-refractivity contribution in [1.82, 2.24) is 14.7 Å². The van der Waals surface area contributed by atoms with E-state index in [9.17, 15) is 5.11 Å². The summed E-state index contributed by atoms with van der Waals surface area (Å²) in [5.74, 6) is 1.50. The van der Waals surface area contributed by atoms with Crippen LogP contribution in [0.5, 0.6) is 11.5 Å². The minimum atomic E-state index is -0.533. The molecule has 29 heavy (non-hydrogen) atoms. The van der Waals surface area contributed by atoms with Crippen LogP contribution in [0.3, 0.4) is 0 Å². The third-order valence-electron chi connectivity index (χ3n) is 5.20. The first-order chi connectivity index (χ1) is 14.1. The van der Waals surface area contributed by atoms with Gasteiger partial charge in [0.25, 0.3) is 0 Å². The van der Waals surface area contributed by atoms with Crippen LogP contribution in [-0.4, -0.2) is 33.4 Å². The number of hydrogen-bond donors (Lipinski definition) is 1. The molecule has 4 rings (SSSR count). The summed E-state index contributed by atoms with van der Waals surface area (Å²) in [5.41, 5.74) is 4.18. The molecule has 2 heterocycles. The van der Waals surface area contributed by atoms with Gasteiger partial charge in [0.05, 0.1) is 31.1 Å². The summed E-state index contributed by atoms with van der Waals surface area (Å²) in [6, 6.07) is 18.2. The highest BCUT2D eigenvalue weighted by atomic mass is 16.5. The standard InChI is InChI=1S/C23H27N3O3/c1-17(27)21-13-20-15-25(10-11-26(20)24-21)14-19-8-9-22(23(12-19)28-2)29-16-18-6-4-3-5-7-18/h3-9,12-13,17,27H,10-11,14-16H2,1-2H3/t17-/m1/s1. The van der Waals surface area contributed by atoms with Gasteiger partial charge in [-0.25, -0.2) is 0 Å². The smallest absolute Gasteiger partial charge is 0.161 e. The predicted molar refractivity (Wildman–Crippen MR) is 111 cm³/mol. The number of aliphatic hydroxyl groups is 1. The second kappa shape index (κ2) is 8.68. The third kappa shape index (κ3) is 4.60. The van der Waals surface area contributed by atoms with Gasteiger partial charge in [0.2, 0.25) is 0 Å². The Balaban J connectivity index is 1.41. The Labute approximate surface area is 171 Å². The van der Waals surface area contributed by atoms with Crippen molar-refractivity contribution in [2.75, 3.05) is 13.7 Å². The van der Waals surface area contributed by atoms with Crippen molar-refractivity contribution in [3.8, 4) is 11.5 Å². The number of hydrogen-bond acceptors (Lipinski definition) is 5. The minimum absolute atomic E-state index is 0.512. The fraction of sp³-hybridized carbons (Fsp3) is 0.348. The van der Waals surface area contributed by atoms with E-state index in [0.717, 1.165) is 54.6 Å². The minimum Gasteiger partial charge on any atom is -0.493 e. The van der Waals surface area contributed by atoms with Crippen molar-refractivity contribution < 1.29 is 14.6 Å². The molecule has 1 aliphatic rings. The van der Waals surface area contributed by atoms with Gasteiger partial charge in [-0.05, 0) is 36.2 Å². The zero-order valence-corrected chi connectivity index (χ0v) is 16.9. The van der Waals surface area contributed by atoms with Crippen LogP contribution < -0.4 is 9.47 Å². The Morgan fingerprint density at radius 1 is 1.03 bits per heavy atom. The molecule has 0 bridgehead atoms. The Hall–Kier alpha value is -2.83. The first kappa shape index (κ1) is 19.5. The molecular weight excluding hydrogens is 366 g/mol. The molecule has 6 nitrogen and oxygen atoms in total. The summed E-state index contributed by atoms with van der Waals surface area (Å²) in [5, 5.41) is 14.2. The van der Waals surface area contributed by atoms with Crippen LogP contribution in [0.2, 0.25) is 0 Å². The lowest BCUT2D eigenvalue weighted by molar-refractivity contribution is 0.189. The second-order valence-electron chi connectivity index (χ2n) is 7.43. The maximum atomic E-state index is 9.76. The van der Waals surface area contributed by atoms with Gasteiger partial charge in [0.15, 0.2) is 11.5 Å². The normalized spacial score (nSPS) is 15.0. The second-order valence-corrected chi connectivity index (χ2v) is 7.43. The average molecular weight is 393 g/mol. The summed E-state index contributed by atoms with van der Waals surface area (Å²) in [6.07, 6.45) is -0.533. The van der Waals surface area contributed by atoms with Gasteiger partial charge in [-0.1, -0.05) is 36.4 Å². The topological polar surface area (TPSA) is 59.8 Å². The van der Waals surface area contributed by atoms with Gasteiger partial charge in [-0.15, -0.1) is 0 Å². The van der Waals surface area contributed by atoms with E-state index in [2.05, 4.69) is 16.1 Å². The molecule has 1 atom stereocenters. The molecule has 0 saturated heterocycles. The Morgan fingerprint density at radius 2 is 1.86 bits per heavy atom. The van der Waals surface area contributed by atoms with Crippen molar-refractivity contribution in [2.45, 2.75) is 39.3 Å². The van der Waals surface area contributed by atoms with Crippen LogP contribution in [-0.2, 0) is 26.2 Å². The molecule has 3 aromatic rings. The van der Waals surface area contributed by atoms with Crippen molar-refractivity contribution in [3.05, 3.63) is 77.1 Å². The van der Waals surface area contributed by atoms with Gasteiger partial charge in [0, 0.05) is 19.6 Å². The maximum absolute atomic E-state index is 9.76. The van der Waals surface area contributed by atoms with Gasteiger partial charge in [-0.2, -0.15) is 5.10 Å². The molecule has 0 fully saturated rings. The van der Waals surface area contributed by atoms with Crippen LogP contribution in [0.25, 0.3) is 0 Å². The predicted octanol–water partition coefficient (Wildman–Crippen LogP) is 3.54. The monoisotopic (exact) mass is 393 g/mol. The van der Waals surface area contributed by atoms with E-state index < -0.39 is 6.10 Å². The summed E-state index contributed by atoms with van der Waals surface area (Å²) in [6.45, 7) is 5.65. The maximum Gasteiger partial charge on any atom is 0.161 e. The molecule has 0 aliphatic carbocycles. The zero-order valence-electron chi connectivity index (χ0n) is 16.9. The molecule has 152 valence electrons. The van der Waals surface area contributed by atoms with Crippen molar-refractivity contribution in [2.24, 2.45) is 0 Å². The third-order valence-corrected chi connectivity index (χ3v) is 5.20. The van der Waals surface area contributed by atoms with Crippen molar-refractivity contribution >= 4 is 0 Å². The molecule has 1 aromatic heterocycles. The highest BCUT2D eigenvalue weighted by Crippen LogP contribution is 2.30. The number of benzene rings is 2. The van der Waals surface area contributed by atoms with Crippen LogP contribution in [0.1, 0.15) is 35.5 Å². The zero-order chi connectivity index (χ0) is 20.2. The average Bonchev–Trinajstić information content (AvgIpc) is 3.17. The van der Waals surface area contributed by atoms with E-state index >= 15 is 0 Å². The number of aliphatic hydroxyl groups excluding tert-OH is 1. The fourth-order valence-corrected chi connectivity index (χ4v) is 3.61. The fourth-order valence-electron chi connectivity index (χ4n) is 3.61. The van der Waals surface area contributed by atoms with E-state index in [0.29, 0.717) is 6.61 Å². The van der Waals surface area contributed by atoms with Crippen molar-refractivity contribution in [1.29, 1.82) is 0 Å². The summed E-state index contributed by atoms with van der Waals surface area (Å²) in [7, 11) is 1.67. The number of rotatable bonds is 7. The highest BCUT2D eigenvalue weighted by molar-refractivity contribution is 5.43. The molecule has 2 aromatic carbocycles. The van der Waals surface area contributed by atoms with E-state index in [4.69, 9.17) is 9.47 Å². The molecule has 6 heteroatoms. The summed E-state index contributed by atoms with van der Waals surface area (Å²) in [4.78, 5) is 2.38. The molecule has 0 spiro atoms. The van der Waals surface area contributed by atoms with Crippen molar-refractivity contribution in [3.63, 3.8) is 0 Å². The van der Waals surface area contributed by atoms with Crippen LogP contribution in [0, 0.1) is 0 Å². The van der Waals surface area contributed by atoms with Crippen LogP contribution >= 0.6 is 0 Å². The number of ether oxygens (including phenoxy) is 2. The number of methoxy groups -OCH3 is 1. The molecule has 1 N–H and O–H groups in total. The molecule has 0 amide bonds. The van der Waals surface area contributed by atoms with E-state index in [1.165, 1.54) is 5.56 Å². The van der Waals surface area contributed by atoms with Gasteiger partial charge in [0.1, 0.15) is 6.61 Å². The van der Waals surface area contributed by atoms with Gasteiger partial charge in [-0.3, -0.25) is 9.58 Å². The van der Waals surface area contributed by atoms with Gasteiger partial charge < -0.3 is 14.6 Å². The SMILES string of the molecule is COc1cc(CN2CCn3nc([C@@H](C)O)cc3C2)ccc1OCc1ccccc1. The molecule has 0 saturated carbocycles. The van der Waals surface area contributed by atoms with E-state index in [1.54, 1.807) is 14.0 Å². The summed E-state index contributed by atoms with van der Waals surface area (Å²) < 4.78 is 13.5. The van der Waals surface area contributed by atoms with E-state index in [-0.39, 0.29) is 0 Å². The number of nitrogens with zero attached hydrogens (tertiary/aromatic N) is 3. The first-order valence-electron chi connectivity index (χ1n) is 9.93. The summed E-state index contributed by atoms with van der Waals surface area (Å²) >= 11 is 0. The Morgan fingerprint density at radius 3 is 2.62 bits per heavy atom. The lowest BCUT2D eigenvalue weighted by Gasteiger charge is -2.27. The molecule has 1 aliphatic heterocycles. The van der Waals surface area contributed by atoms with E-state index in [1.807, 2.05) is 53.2 Å². The number of fused-ring (bicyclic) bond motifs is 1. The lowest BCUT2D eigenvalue weighted by atomic mass is 10.1. The Bertz CT molecular complexity index is 953. The molecular formula is C23H27N3O3. The quantitative estimate of drug-likeness (QED) is 0.665. The molecule has 0 unspecified atom stereocenters. The Kier molecular flexibility index (Phi) is 5.83. The largest absolute Gasteiger partial charge is 0.493 e. The first-order valence-corrected chi connectivity index (χ1v) is 9.93. The van der Waals surface area contributed by atoms with Crippen LogP contribution in [0.15, 0.2) is 54.6 Å². The van der Waals surface area contributed by atoms with Crippen LogP contribution in [0.4, 0.5) is 0 Å². The highest BCUT2D eigenvalue weighted by Gasteiger charge is 2.20.